The van der Waals surface area contributed by atoms with Gasteiger partial charge in [0.2, 0.25) is 0 Å². The fraction of sp³-hybridized carbons (Fsp3) is 1.00. The Kier molecular flexibility index (Phi) is 31.6. The average molecular weight is 412 g/mol. The third kappa shape index (κ3) is 89.1. The molecule has 0 radical (unpaired) electrons. The summed E-state index contributed by atoms with van der Waals surface area (Å²) in [6.07, 6.45) is 14.7. The van der Waals surface area contributed by atoms with Crippen LogP contribution >= 0.6 is 0 Å². The molecule has 0 amide bonds. The maximum atomic E-state index is 8.74. The summed E-state index contributed by atoms with van der Waals surface area (Å²) in [5.74, 6) is 0. The van der Waals surface area contributed by atoms with Crippen molar-refractivity contribution in [1.29, 1.82) is 0 Å². The van der Waals surface area contributed by atoms with Crippen LogP contribution in [0, 0.1) is 0 Å². The van der Waals surface area contributed by atoms with E-state index in [0.29, 0.717) is 0 Å². The Morgan fingerprint density at radius 1 is 0.625 bits per heavy atom. The summed E-state index contributed by atoms with van der Waals surface area (Å²) in [5, 5.41) is 0. The molecule has 12 heteroatoms. The summed E-state index contributed by atoms with van der Waals surface area (Å²) < 4.78 is 64.7. The van der Waals surface area contributed by atoms with Gasteiger partial charge in [-0.3, -0.25) is 18.2 Å². The molecule has 0 rings (SSSR count). The average Bonchev–Trinajstić information content (AvgIpc) is 2.33. The molecule has 4 N–H and O–H groups in total. The second kappa shape index (κ2) is 22.8. The summed E-state index contributed by atoms with van der Waals surface area (Å²) >= 11 is 1.41. The fourth-order valence-corrected chi connectivity index (χ4v) is 2.24. The van der Waals surface area contributed by atoms with Crippen LogP contribution < -0.4 is 0 Å². The van der Waals surface area contributed by atoms with Crippen molar-refractivity contribution < 1.29 is 35.0 Å². The first kappa shape index (κ1) is 33.3. The van der Waals surface area contributed by atoms with Gasteiger partial charge in [-0.2, -0.15) is 16.8 Å². The van der Waals surface area contributed by atoms with Crippen LogP contribution in [-0.2, 0) is 20.8 Å². The van der Waals surface area contributed by atoms with Crippen molar-refractivity contribution in [2.75, 3.05) is 0 Å². The van der Waals surface area contributed by atoms with E-state index in [1.807, 2.05) is 0 Å². The van der Waals surface area contributed by atoms with Gasteiger partial charge in [0.1, 0.15) is 0 Å². The third-order valence-corrected chi connectivity index (χ3v) is 3.41. The molecule has 24 heavy (non-hydrogen) atoms. The van der Waals surface area contributed by atoms with Crippen LogP contribution in [0.5, 0.6) is 0 Å². The molecule has 0 aromatic heterocycles. The molecule has 0 bridgehead atoms. The molecule has 0 aliphatic heterocycles. The second-order valence-electron chi connectivity index (χ2n) is 5.08. The molecule has 0 heterocycles. The molecule has 8 nitrogen and oxygen atoms in total. The molecule has 0 spiro atoms. The van der Waals surface area contributed by atoms with Crippen molar-refractivity contribution in [2.24, 2.45) is 0 Å². The number of hydrogen-bond donors (Lipinski definition) is 4. The van der Waals surface area contributed by atoms with Crippen LogP contribution in [0.2, 0.25) is 3.67 Å². The van der Waals surface area contributed by atoms with E-state index >= 15 is 0 Å². The van der Waals surface area contributed by atoms with Crippen molar-refractivity contribution in [3.63, 3.8) is 0 Å². The van der Waals surface area contributed by atoms with Gasteiger partial charge in [0, 0.05) is 0 Å². The van der Waals surface area contributed by atoms with E-state index in [0.717, 1.165) is 0 Å². The van der Waals surface area contributed by atoms with E-state index < -0.39 is 20.8 Å². The van der Waals surface area contributed by atoms with Gasteiger partial charge in [-0.1, -0.05) is 0 Å². The predicted molar refractivity (Wildman–Crippen MR) is 97.9 cm³/mol. The number of hydrogen-bond acceptors (Lipinski definition) is 4. The van der Waals surface area contributed by atoms with Crippen LogP contribution in [0.3, 0.4) is 0 Å². The van der Waals surface area contributed by atoms with Gasteiger partial charge in [-0.15, -0.1) is 0 Å². The van der Waals surface area contributed by atoms with E-state index in [1.54, 1.807) is 0 Å². The topological polar surface area (TPSA) is 149 Å². The summed E-state index contributed by atoms with van der Waals surface area (Å²) in [6.45, 7) is 2.29. The van der Waals surface area contributed by atoms with Crippen molar-refractivity contribution in [2.45, 2.75) is 74.8 Å². The zero-order chi connectivity index (χ0) is 18.8. The minimum absolute atomic E-state index is 0. The van der Waals surface area contributed by atoms with Gasteiger partial charge in [0.05, 0.1) is 0 Å². The second-order valence-corrected chi connectivity index (χ2v) is 7.87. The van der Waals surface area contributed by atoms with E-state index in [-0.39, 0.29) is 29.6 Å². The Morgan fingerprint density at radius 2 is 0.833 bits per heavy atom. The number of unbranched alkanes of at least 4 members (excludes halogenated alkanes) is 9. The van der Waals surface area contributed by atoms with Crippen molar-refractivity contribution in [1.82, 2.24) is 0 Å². The molecule has 0 atom stereocenters. The SMILES string of the molecule is CCCCCCCCCCC[CH2][Na].O=S(=O)(O)O.O=S(=O)(O)O.[NaH]. The molecule has 140 valence electrons. The van der Waals surface area contributed by atoms with Gasteiger partial charge in [-0.25, -0.2) is 0 Å². The molecule has 0 aliphatic rings. The summed E-state index contributed by atoms with van der Waals surface area (Å²) in [7, 11) is -9.33. The van der Waals surface area contributed by atoms with Crippen molar-refractivity contribution >= 4 is 78.3 Å². The molecule has 0 aliphatic carbocycles. The van der Waals surface area contributed by atoms with Gasteiger partial charge < -0.3 is 0 Å². The standard InChI is InChI=1S/C12H25.2Na.2H2O4S.H/c1-3-5-7-9-11-12-10-8-6-4-2;;;2*1-5(2,3)4;/h1,3-12H2,2H3;;;2*(H2,1,2,3,4);. The Balaban J connectivity index is -0.000000151. The molecular formula is C12H30Na2O8S2. The normalized spacial score (nSPS) is 10.6. The van der Waals surface area contributed by atoms with E-state index in [4.69, 9.17) is 35.0 Å². The Hall–Kier alpha value is 1.74. The summed E-state index contributed by atoms with van der Waals surface area (Å²) in [4.78, 5) is 0. The van der Waals surface area contributed by atoms with Crippen LogP contribution in [0.1, 0.15) is 71.1 Å². The maximum absolute atomic E-state index is 8.74. The van der Waals surface area contributed by atoms with E-state index in [1.165, 1.54) is 95.8 Å². The Bertz CT molecular complexity index is 370. The van der Waals surface area contributed by atoms with Gasteiger partial charge in [0.15, 0.2) is 0 Å². The molecule has 0 saturated heterocycles. The zero-order valence-electron chi connectivity index (χ0n) is 14.0. The molecule has 0 saturated carbocycles. The first-order chi connectivity index (χ1) is 10.4. The molecule has 0 aromatic rings. The molecule has 0 fully saturated rings. The Labute approximate surface area is 186 Å². The van der Waals surface area contributed by atoms with Crippen LogP contribution in [0.4, 0.5) is 0 Å². The van der Waals surface area contributed by atoms with E-state index in [9.17, 15) is 0 Å². The van der Waals surface area contributed by atoms with Gasteiger partial charge >= 0.3 is 153 Å². The predicted octanol–water partition coefficient (Wildman–Crippen LogP) is 2.54. The zero-order valence-corrected chi connectivity index (χ0v) is 17.6. The van der Waals surface area contributed by atoms with Crippen LogP contribution in [0.25, 0.3) is 0 Å². The molecule has 0 aromatic carbocycles. The molecule has 0 unspecified atom stereocenters. The Morgan fingerprint density at radius 3 is 1.04 bits per heavy atom. The quantitative estimate of drug-likeness (QED) is 0.243. The summed E-state index contributed by atoms with van der Waals surface area (Å²) in [5.41, 5.74) is 0. The molecular weight excluding hydrogens is 382 g/mol. The number of rotatable bonds is 10. The van der Waals surface area contributed by atoms with Crippen molar-refractivity contribution in [3.8, 4) is 0 Å². The van der Waals surface area contributed by atoms with Crippen LogP contribution in [0.15, 0.2) is 0 Å². The summed E-state index contributed by atoms with van der Waals surface area (Å²) in [6, 6.07) is 0. The van der Waals surface area contributed by atoms with Gasteiger partial charge in [0.25, 0.3) is 0 Å². The monoisotopic (exact) mass is 412 g/mol. The third-order valence-electron chi connectivity index (χ3n) is 2.71. The van der Waals surface area contributed by atoms with E-state index in [2.05, 4.69) is 6.92 Å². The van der Waals surface area contributed by atoms with Crippen LogP contribution in [-0.4, -0.2) is 92.5 Å². The fourth-order valence-electron chi connectivity index (χ4n) is 1.74. The minimum atomic E-state index is -4.67. The van der Waals surface area contributed by atoms with Crippen molar-refractivity contribution in [3.05, 3.63) is 0 Å². The first-order valence-corrected chi connectivity index (χ1v) is 12.0. The van der Waals surface area contributed by atoms with Gasteiger partial charge in [-0.05, 0) is 0 Å². The first-order valence-electron chi connectivity index (χ1n) is 7.81.